The molecule has 3 N–H and O–H groups in total. The van der Waals surface area contributed by atoms with Crippen LogP contribution in [0.4, 0.5) is 5.69 Å². The molecule has 1 amide bonds. The number of hydrogen-bond donors (Lipinski definition) is 2. The van der Waals surface area contributed by atoms with Crippen LogP contribution in [0.5, 0.6) is 0 Å². The number of nitrogens with zero attached hydrogens (tertiary/aromatic N) is 2. The summed E-state index contributed by atoms with van der Waals surface area (Å²) in [5, 5.41) is 3.10. The molecule has 118 valence electrons. The molecule has 0 radical (unpaired) electrons. The zero-order valence-corrected chi connectivity index (χ0v) is 13.3. The molecule has 0 aromatic carbocycles. The van der Waals surface area contributed by atoms with E-state index in [4.69, 9.17) is 5.73 Å². The third-order valence-corrected chi connectivity index (χ3v) is 3.97. The quantitative estimate of drug-likeness (QED) is 0.844. The van der Waals surface area contributed by atoms with Crippen LogP contribution in [-0.2, 0) is 6.54 Å². The van der Waals surface area contributed by atoms with Crippen molar-refractivity contribution in [3.8, 4) is 0 Å². The van der Waals surface area contributed by atoms with Gasteiger partial charge < -0.3 is 20.5 Å². The van der Waals surface area contributed by atoms with Crippen molar-refractivity contribution in [2.45, 2.75) is 52.1 Å². The SMILES string of the molecule is CCCn1cc(N)cc1C(=O)NC(C)CN1CCCCC1. The molecule has 5 heteroatoms. The van der Waals surface area contributed by atoms with E-state index < -0.39 is 0 Å². The largest absolute Gasteiger partial charge is 0.397 e. The van der Waals surface area contributed by atoms with E-state index in [1.54, 1.807) is 6.07 Å². The van der Waals surface area contributed by atoms with Gasteiger partial charge in [0.1, 0.15) is 5.69 Å². The summed E-state index contributed by atoms with van der Waals surface area (Å²) in [5.74, 6) is -0.0235. The number of aryl methyl sites for hydroxylation is 1. The number of anilines is 1. The standard InChI is InChI=1S/C16H28N4O/c1-3-7-20-12-14(17)10-15(20)16(21)18-13(2)11-19-8-5-4-6-9-19/h10,12-13H,3-9,11,17H2,1-2H3,(H,18,21). The number of carbonyl (C=O) groups is 1. The van der Waals surface area contributed by atoms with E-state index in [-0.39, 0.29) is 11.9 Å². The van der Waals surface area contributed by atoms with Gasteiger partial charge >= 0.3 is 0 Å². The fourth-order valence-electron chi connectivity index (χ4n) is 3.02. The molecule has 1 unspecified atom stereocenters. The van der Waals surface area contributed by atoms with Crippen LogP contribution in [0.2, 0.25) is 0 Å². The molecule has 2 rings (SSSR count). The highest BCUT2D eigenvalue weighted by Crippen LogP contribution is 2.12. The smallest absolute Gasteiger partial charge is 0.268 e. The van der Waals surface area contributed by atoms with Crippen molar-refractivity contribution in [1.82, 2.24) is 14.8 Å². The van der Waals surface area contributed by atoms with Gasteiger partial charge in [-0.2, -0.15) is 0 Å². The molecule has 0 bridgehead atoms. The summed E-state index contributed by atoms with van der Waals surface area (Å²) < 4.78 is 1.94. The topological polar surface area (TPSA) is 63.3 Å². The Kier molecular flexibility index (Phi) is 5.67. The third-order valence-electron chi connectivity index (χ3n) is 3.97. The van der Waals surface area contributed by atoms with Gasteiger partial charge in [0.2, 0.25) is 0 Å². The van der Waals surface area contributed by atoms with Gasteiger partial charge in [0, 0.05) is 25.3 Å². The minimum Gasteiger partial charge on any atom is -0.397 e. The number of nitrogens with two attached hydrogens (primary N) is 1. The molecule has 1 fully saturated rings. The molecular formula is C16H28N4O. The Labute approximate surface area is 127 Å². The Hall–Kier alpha value is -1.49. The first kappa shape index (κ1) is 15.9. The Morgan fingerprint density at radius 3 is 2.76 bits per heavy atom. The lowest BCUT2D eigenvalue weighted by Crippen LogP contribution is -2.44. The predicted molar refractivity (Wildman–Crippen MR) is 86.4 cm³/mol. The number of amides is 1. The van der Waals surface area contributed by atoms with Crippen LogP contribution in [0.25, 0.3) is 0 Å². The Balaban J connectivity index is 1.90. The summed E-state index contributed by atoms with van der Waals surface area (Å²) >= 11 is 0. The molecule has 1 aromatic rings. The van der Waals surface area contributed by atoms with Gasteiger partial charge in [0.15, 0.2) is 0 Å². The first-order chi connectivity index (χ1) is 10.1. The molecule has 0 saturated carbocycles. The lowest BCUT2D eigenvalue weighted by Gasteiger charge is -2.29. The van der Waals surface area contributed by atoms with Crippen LogP contribution in [-0.4, -0.2) is 41.1 Å². The molecular weight excluding hydrogens is 264 g/mol. The van der Waals surface area contributed by atoms with E-state index in [0.29, 0.717) is 11.4 Å². The lowest BCUT2D eigenvalue weighted by atomic mass is 10.1. The first-order valence-electron chi connectivity index (χ1n) is 8.09. The monoisotopic (exact) mass is 292 g/mol. The van der Waals surface area contributed by atoms with E-state index in [9.17, 15) is 4.79 Å². The lowest BCUT2D eigenvalue weighted by molar-refractivity contribution is 0.0916. The molecule has 1 aliphatic heterocycles. The maximum Gasteiger partial charge on any atom is 0.268 e. The molecule has 21 heavy (non-hydrogen) atoms. The van der Waals surface area contributed by atoms with Crippen LogP contribution in [0.15, 0.2) is 12.3 Å². The number of likely N-dealkylation sites (tertiary alicyclic amines) is 1. The van der Waals surface area contributed by atoms with Gasteiger partial charge in [-0.15, -0.1) is 0 Å². The fraction of sp³-hybridized carbons (Fsp3) is 0.688. The Morgan fingerprint density at radius 1 is 1.38 bits per heavy atom. The number of nitrogen functional groups attached to an aromatic ring is 1. The summed E-state index contributed by atoms with van der Waals surface area (Å²) in [6.07, 6.45) is 6.71. The van der Waals surface area contributed by atoms with E-state index >= 15 is 0 Å². The maximum atomic E-state index is 12.4. The number of nitrogens with one attached hydrogen (secondary N) is 1. The van der Waals surface area contributed by atoms with Crippen LogP contribution >= 0.6 is 0 Å². The fourth-order valence-corrected chi connectivity index (χ4v) is 3.02. The van der Waals surface area contributed by atoms with Crippen molar-refractivity contribution in [2.75, 3.05) is 25.4 Å². The third kappa shape index (κ3) is 4.49. The molecule has 0 aliphatic carbocycles. The Morgan fingerprint density at radius 2 is 2.10 bits per heavy atom. The summed E-state index contributed by atoms with van der Waals surface area (Å²) in [4.78, 5) is 14.8. The van der Waals surface area contributed by atoms with Gasteiger partial charge in [0.05, 0.1) is 5.69 Å². The van der Waals surface area contributed by atoms with E-state index in [2.05, 4.69) is 24.1 Å². The second kappa shape index (κ2) is 7.50. The average molecular weight is 292 g/mol. The molecule has 2 heterocycles. The normalized spacial score (nSPS) is 17.6. The summed E-state index contributed by atoms with van der Waals surface area (Å²) in [5.41, 5.74) is 7.14. The second-order valence-corrected chi connectivity index (χ2v) is 6.09. The Bertz CT molecular complexity index is 463. The second-order valence-electron chi connectivity index (χ2n) is 6.09. The number of carbonyl (C=O) groups excluding carboxylic acids is 1. The van der Waals surface area contributed by atoms with Crippen molar-refractivity contribution in [3.05, 3.63) is 18.0 Å². The van der Waals surface area contributed by atoms with Crippen LogP contribution in [0.3, 0.4) is 0 Å². The van der Waals surface area contributed by atoms with Crippen molar-refractivity contribution < 1.29 is 4.79 Å². The molecule has 1 atom stereocenters. The summed E-state index contributed by atoms with van der Waals surface area (Å²) in [7, 11) is 0. The first-order valence-corrected chi connectivity index (χ1v) is 8.09. The van der Waals surface area contributed by atoms with Crippen molar-refractivity contribution in [3.63, 3.8) is 0 Å². The van der Waals surface area contributed by atoms with Crippen LogP contribution in [0, 0.1) is 0 Å². The predicted octanol–water partition coefficient (Wildman–Crippen LogP) is 2.08. The maximum absolute atomic E-state index is 12.4. The number of aromatic nitrogens is 1. The van der Waals surface area contributed by atoms with Crippen molar-refractivity contribution >= 4 is 11.6 Å². The van der Waals surface area contributed by atoms with E-state index in [0.717, 1.165) is 32.6 Å². The van der Waals surface area contributed by atoms with Gasteiger partial charge in [-0.05, 0) is 45.3 Å². The highest BCUT2D eigenvalue weighted by atomic mass is 16.2. The summed E-state index contributed by atoms with van der Waals surface area (Å²) in [6.45, 7) is 8.22. The van der Waals surface area contributed by atoms with Crippen LogP contribution < -0.4 is 11.1 Å². The molecule has 1 aromatic heterocycles. The van der Waals surface area contributed by atoms with Crippen LogP contribution in [0.1, 0.15) is 50.0 Å². The van der Waals surface area contributed by atoms with E-state index in [1.165, 1.54) is 19.3 Å². The van der Waals surface area contributed by atoms with Gasteiger partial charge in [-0.1, -0.05) is 13.3 Å². The van der Waals surface area contributed by atoms with Gasteiger partial charge in [0.25, 0.3) is 5.91 Å². The van der Waals surface area contributed by atoms with E-state index in [1.807, 2.05) is 10.8 Å². The molecule has 1 saturated heterocycles. The minimum atomic E-state index is -0.0235. The zero-order chi connectivity index (χ0) is 15.2. The highest BCUT2D eigenvalue weighted by Gasteiger charge is 2.18. The highest BCUT2D eigenvalue weighted by molar-refractivity contribution is 5.94. The molecule has 1 aliphatic rings. The van der Waals surface area contributed by atoms with Crippen molar-refractivity contribution in [2.24, 2.45) is 0 Å². The number of rotatable bonds is 6. The number of hydrogen-bond acceptors (Lipinski definition) is 3. The summed E-state index contributed by atoms with van der Waals surface area (Å²) in [6, 6.07) is 1.92. The zero-order valence-electron chi connectivity index (χ0n) is 13.3. The number of piperidine rings is 1. The van der Waals surface area contributed by atoms with Crippen molar-refractivity contribution in [1.29, 1.82) is 0 Å². The minimum absolute atomic E-state index is 0.0235. The van der Waals surface area contributed by atoms with Gasteiger partial charge in [-0.3, -0.25) is 4.79 Å². The van der Waals surface area contributed by atoms with Gasteiger partial charge in [-0.25, -0.2) is 0 Å². The molecule has 5 nitrogen and oxygen atoms in total. The molecule has 0 spiro atoms. The average Bonchev–Trinajstić information content (AvgIpc) is 2.81.